The molecule has 1 aromatic rings. The third-order valence-corrected chi connectivity index (χ3v) is 2.88. The topological polar surface area (TPSA) is 67.6 Å². The van der Waals surface area contributed by atoms with Gasteiger partial charge in [0.2, 0.25) is 10.7 Å². The van der Waals surface area contributed by atoms with Gasteiger partial charge in [-0.3, -0.25) is 0 Å². The molecule has 5 heteroatoms. The molecular formula is C10H18N4S. The van der Waals surface area contributed by atoms with E-state index < -0.39 is 0 Å². The van der Waals surface area contributed by atoms with Gasteiger partial charge in [0.05, 0.1) is 0 Å². The van der Waals surface area contributed by atoms with Crippen LogP contribution in [0.1, 0.15) is 33.5 Å². The zero-order chi connectivity index (χ0) is 11.6. The fraction of sp³-hybridized carbons (Fsp3) is 0.700. The number of hydrogen-bond donors (Lipinski definition) is 2. The molecule has 0 spiro atoms. The zero-order valence-corrected chi connectivity index (χ0v) is 10.5. The van der Waals surface area contributed by atoms with E-state index in [-0.39, 0.29) is 5.41 Å². The van der Waals surface area contributed by atoms with Crippen LogP contribution in [-0.2, 0) is 6.42 Å². The van der Waals surface area contributed by atoms with Gasteiger partial charge >= 0.3 is 0 Å². The molecule has 0 fully saturated rings. The molecule has 0 aliphatic heterocycles. The van der Waals surface area contributed by atoms with Crippen LogP contribution in [0.3, 0.4) is 0 Å². The largest absolute Gasteiger partial charge is 0.369 e. The number of aromatic amines is 1. The molecule has 0 amide bonds. The number of aromatic nitrogens is 3. The molecule has 1 rings (SSSR count). The summed E-state index contributed by atoms with van der Waals surface area (Å²) in [6.45, 7) is 8.81. The van der Waals surface area contributed by atoms with Crippen molar-refractivity contribution in [2.24, 2.45) is 11.3 Å². The van der Waals surface area contributed by atoms with Crippen molar-refractivity contribution in [3.8, 4) is 0 Å². The second kappa shape index (κ2) is 4.26. The number of nitrogen functional groups attached to an aromatic ring is 1. The maximum absolute atomic E-state index is 5.57. The van der Waals surface area contributed by atoms with Crippen LogP contribution in [0.15, 0.2) is 0 Å². The van der Waals surface area contributed by atoms with Crippen LogP contribution in [0.4, 0.5) is 5.95 Å². The monoisotopic (exact) mass is 226 g/mol. The summed E-state index contributed by atoms with van der Waals surface area (Å²) in [6, 6.07) is 0. The fourth-order valence-electron chi connectivity index (χ4n) is 1.14. The van der Waals surface area contributed by atoms with E-state index in [9.17, 15) is 0 Å². The molecule has 84 valence electrons. The van der Waals surface area contributed by atoms with Gasteiger partial charge in [-0.2, -0.15) is 4.98 Å². The van der Waals surface area contributed by atoms with Crippen LogP contribution in [0.25, 0.3) is 0 Å². The van der Waals surface area contributed by atoms with Gasteiger partial charge < -0.3 is 10.7 Å². The molecular weight excluding hydrogens is 208 g/mol. The maximum atomic E-state index is 5.57. The summed E-state index contributed by atoms with van der Waals surface area (Å²) in [7, 11) is 0. The molecule has 0 radical (unpaired) electrons. The summed E-state index contributed by atoms with van der Waals surface area (Å²) in [5.41, 5.74) is 5.82. The SMILES string of the molecule is CC(Cc1nc(=S)nc(N)[nH]1)C(C)(C)C. The van der Waals surface area contributed by atoms with Gasteiger partial charge in [0, 0.05) is 6.42 Å². The van der Waals surface area contributed by atoms with Crippen molar-refractivity contribution in [2.75, 3.05) is 5.73 Å². The van der Waals surface area contributed by atoms with Crippen molar-refractivity contribution in [1.29, 1.82) is 0 Å². The number of anilines is 1. The summed E-state index contributed by atoms with van der Waals surface area (Å²) in [5, 5.41) is 0. The smallest absolute Gasteiger partial charge is 0.224 e. The van der Waals surface area contributed by atoms with Crippen molar-refractivity contribution in [3.05, 3.63) is 10.6 Å². The van der Waals surface area contributed by atoms with Crippen LogP contribution >= 0.6 is 12.2 Å². The molecule has 0 aliphatic carbocycles. The highest BCUT2D eigenvalue weighted by molar-refractivity contribution is 7.71. The summed E-state index contributed by atoms with van der Waals surface area (Å²) < 4.78 is 0.308. The van der Waals surface area contributed by atoms with Gasteiger partial charge in [-0.05, 0) is 23.6 Å². The van der Waals surface area contributed by atoms with Crippen molar-refractivity contribution in [2.45, 2.75) is 34.1 Å². The van der Waals surface area contributed by atoms with Crippen molar-refractivity contribution < 1.29 is 0 Å². The fourth-order valence-corrected chi connectivity index (χ4v) is 1.35. The molecule has 3 N–H and O–H groups in total. The number of nitrogens with one attached hydrogen (secondary N) is 1. The summed E-state index contributed by atoms with van der Waals surface area (Å²) >= 11 is 4.91. The predicted octanol–water partition coefficient (Wildman–Crippen LogP) is 2.34. The molecule has 0 saturated carbocycles. The lowest BCUT2D eigenvalue weighted by Gasteiger charge is -2.26. The Morgan fingerprint density at radius 2 is 2.00 bits per heavy atom. The summed E-state index contributed by atoms with van der Waals surface area (Å²) in [5.74, 6) is 1.65. The highest BCUT2D eigenvalue weighted by Gasteiger charge is 2.21. The average molecular weight is 226 g/mol. The minimum Gasteiger partial charge on any atom is -0.369 e. The maximum Gasteiger partial charge on any atom is 0.224 e. The van der Waals surface area contributed by atoms with Crippen molar-refractivity contribution in [3.63, 3.8) is 0 Å². The molecule has 1 atom stereocenters. The molecule has 1 unspecified atom stereocenters. The van der Waals surface area contributed by atoms with Crippen LogP contribution in [0.2, 0.25) is 0 Å². The first-order valence-corrected chi connectivity index (χ1v) is 5.42. The van der Waals surface area contributed by atoms with Crippen LogP contribution in [0.5, 0.6) is 0 Å². The molecule has 0 aliphatic rings. The van der Waals surface area contributed by atoms with Crippen molar-refractivity contribution in [1.82, 2.24) is 15.0 Å². The first-order chi connectivity index (χ1) is 6.79. The molecule has 0 bridgehead atoms. The van der Waals surface area contributed by atoms with E-state index in [1.54, 1.807) is 0 Å². The first kappa shape index (κ1) is 12.1. The summed E-state index contributed by atoms with van der Waals surface area (Å²) in [6.07, 6.45) is 0.833. The zero-order valence-electron chi connectivity index (χ0n) is 9.66. The minimum atomic E-state index is 0.245. The number of rotatable bonds is 2. The Bertz CT molecular complexity index is 391. The average Bonchev–Trinajstić information content (AvgIpc) is 1.99. The van der Waals surface area contributed by atoms with Crippen LogP contribution in [0, 0.1) is 16.1 Å². The molecule has 1 heterocycles. The number of nitrogens with zero attached hydrogens (tertiary/aromatic N) is 2. The third kappa shape index (κ3) is 3.58. The number of hydrogen-bond acceptors (Lipinski definition) is 4. The molecule has 15 heavy (non-hydrogen) atoms. The second-order valence-electron chi connectivity index (χ2n) is 4.93. The van der Waals surface area contributed by atoms with Crippen molar-refractivity contribution >= 4 is 18.2 Å². The molecule has 4 nitrogen and oxygen atoms in total. The minimum absolute atomic E-state index is 0.245. The summed E-state index contributed by atoms with van der Waals surface area (Å²) in [4.78, 5) is 10.9. The Morgan fingerprint density at radius 3 is 2.47 bits per heavy atom. The van der Waals surface area contributed by atoms with E-state index in [4.69, 9.17) is 18.0 Å². The van der Waals surface area contributed by atoms with E-state index in [0.717, 1.165) is 12.2 Å². The Morgan fingerprint density at radius 1 is 1.40 bits per heavy atom. The Kier molecular flexibility index (Phi) is 3.44. The highest BCUT2D eigenvalue weighted by Crippen LogP contribution is 2.27. The Hall–Kier alpha value is -0.970. The normalized spacial score (nSPS) is 13.9. The lowest BCUT2D eigenvalue weighted by Crippen LogP contribution is -2.21. The van der Waals surface area contributed by atoms with Crippen LogP contribution < -0.4 is 5.73 Å². The van der Waals surface area contributed by atoms with E-state index in [0.29, 0.717) is 16.6 Å². The highest BCUT2D eigenvalue weighted by atomic mass is 32.1. The van der Waals surface area contributed by atoms with Gasteiger partial charge in [-0.1, -0.05) is 27.7 Å². The molecule has 0 saturated heterocycles. The standard InChI is InChI=1S/C10H18N4S/c1-6(10(2,3)4)5-7-12-8(11)14-9(15)13-7/h6H,5H2,1-4H3,(H3,11,12,13,14,15). The number of nitrogens with two attached hydrogens (primary N) is 1. The quantitative estimate of drug-likeness (QED) is 0.760. The van der Waals surface area contributed by atoms with Gasteiger partial charge in [0.25, 0.3) is 0 Å². The van der Waals surface area contributed by atoms with E-state index >= 15 is 0 Å². The predicted molar refractivity (Wildman–Crippen MR) is 64.0 cm³/mol. The third-order valence-electron chi connectivity index (χ3n) is 2.70. The van der Waals surface area contributed by atoms with E-state index in [1.807, 2.05) is 0 Å². The second-order valence-corrected chi connectivity index (χ2v) is 5.30. The van der Waals surface area contributed by atoms with Crippen LogP contribution in [-0.4, -0.2) is 15.0 Å². The van der Waals surface area contributed by atoms with Gasteiger partial charge in [-0.15, -0.1) is 0 Å². The molecule has 1 aromatic heterocycles. The van der Waals surface area contributed by atoms with Gasteiger partial charge in [-0.25, -0.2) is 4.98 Å². The van der Waals surface area contributed by atoms with E-state index in [2.05, 4.69) is 42.6 Å². The van der Waals surface area contributed by atoms with Gasteiger partial charge in [0.15, 0.2) is 0 Å². The number of H-pyrrole nitrogens is 1. The Balaban J connectivity index is 2.86. The first-order valence-electron chi connectivity index (χ1n) is 5.02. The molecule has 0 aromatic carbocycles. The Labute approximate surface area is 95.3 Å². The lowest BCUT2D eigenvalue weighted by atomic mass is 9.80. The lowest BCUT2D eigenvalue weighted by molar-refractivity contribution is 0.256. The van der Waals surface area contributed by atoms with E-state index in [1.165, 1.54) is 0 Å². The van der Waals surface area contributed by atoms with Gasteiger partial charge in [0.1, 0.15) is 5.82 Å².